The first kappa shape index (κ1) is 12.4. The van der Waals surface area contributed by atoms with Crippen LogP contribution in [0.1, 0.15) is 30.0 Å². The van der Waals surface area contributed by atoms with Crippen LogP contribution in [-0.4, -0.2) is 22.8 Å². The molecule has 0 saturated heterocycles. The highest BCUT2D eigenvalue weighted by Crippen LogP contribution is 2.33. The largest absolute Gasteiger partial charge is 0.461 e. The molecule has 6 heteroatoms. The number of ether oxygens (including phenoxy) is 1. The van der Waals surface area contributed by atoms with Gasteiger partial charge in [-0.25, -0.2) is 4.79 Å². The van der Waals surface area contributed by atoms with Crippen LogP contribution in [0.2, 0.25) is 0 Å². The molecule has 0 spiro atoms. The van der Waals surface area contributed by atoms with Gasteiger partial charge in [0.05, 0.1) is 6.61 Å². The zero-order valence-corrected chi connectivity index (χ0v) is 9.01. The number of allylic oxidation sites excluding steroid dienone is 1. The van der Waals surface area contributed by atoms with Crippen molar-refractivity contribution in [1.82, 2.24) is 10.2 Å². The van der Waals surface area contributed by atoms with E-state index < -0.39 is 17.6 Å². The molecule has 1 rings (SSSR count). The molecule has 0 saturated carbocycles. The molecule has 0 aliphatic heterocycles. The van der Waals surface area contributed by atoms with Crippen LogP contribution >= 0.6 is 0 Å². The molecule has 1 heterocycles. The van der Waals surface area contributed by atoms with Gasteiger partial charge in [0.1, 0.15) is 11.4 Å². The number of rotatable bonds is 4. The molecule has 1 aromatic heterocycles. The van der Waals surface area contributed by atoms with Crippen LogP contribution in [0.5, 0.6) is 0 Å². The third kappa shape index (κ3) is 2.26. The van der Waals surface area contributed by atoms with Gasteiger partial charge in [0, 0.05) is 6.07 Å². The highest BCUT2D eigenvalue weighted by atomic mass is 19.3. The molecule has 88 valence electrons. The number of nitrogens with one attached hydrogen (secondary N) is 1. The summed E-state index contributed by atoms with van der Waals surface area (Å²) in [5, 5.41) is 5.58. The number of H-pyrrole nitrogens is 1. The normalized spacial score (nSPS) is 11.2. The van der Waals surface area contributed by atoms with Gasteiger partial charge in [-0.15, -0.1) is 0 Å². The standard InChI is InChI=1S/C10H12F2N2O2/c1-4-16-9(15)7-5-8(14-13-7)10(11,12)6(2)3/h5H,2,4H2,1,3H3,(H,13,14). The molecule has 0 radical (unpaired) electrons. The van der Waals surface area contributed by atoms with E-state index in [9.17, 15) is 13.6 Å². The number of aromatic nitrogens is 2. The predicted molar refractivity (Wildman–Crippen MR) is 53.3 cm³/mol. The van der Waals surface area contributed by atoms with E-state index in [0.717, 1.165) is 6.07 Å². The van der Waals surface area contributed by atoms with Crippen molar-refractivity contribution in [2.45, 2.75) is 19.8 Å². The van der Waals surface area contributed by atoms with Crippen LogP contribution in [0.3, 0.4) is 0 Å². The fraction of sp³-hybridized carbons (Fsp3) is 0.400. The van der Waals surface area contributed by atoms with Gasteiger partial charge in [0.25, 0.3) is 0 Å². The Bertz CT molecular complexity index is 413. The fourth-order valence-corrected chi connectivity index (χ4v) is 1.01. The summed E-state index contributed by atoms with van der Waals surface area (Å²) in [5.41, 5.74) is -0.977. The third-order valence-corrected chi connectivity index (χ3v) is 1.93. The molecule has 0 fully saturated rings. The predicted octanol–water partition coefficient (Wildman–Crippen LogP) is 2.25. The van der Waals surface area contributed by atoms with E-state index in [2.05, 4.69) is 21.5 Å². The van der Waals surface area contributed by atoms with Gasteiger partial charge in [-0.1, -0.05) is 6.58 Å². The lowest BCUT2D eigenvalue weighted by molar-refractivity contribution is 0.0337. The number of aromatic amines is 1. The van der Waals surface area contributed by atoms with Gasteiger partial charge < -0.3 is 4.74 Å². The number of nitrogens with zero attached hydrogens (tertiary/aromatic N) is 1. The van der Waals surface area contributed by atoms with Crippen molar-refractivity contribution in [2.75, 3.05) is 6.61 Å². The van der Waals surface area contributed by atoms with E-state index in [0.29, 0.717) is 0 Å². The molecule has 0 bridgehead atoms. The second kappa shape index (κ2) is 4.42. The summed E-state index contributed by atoms with van der Waals surface area (Å²) in [6.45, 7) is 6.16. The van der Waals surface area contributed by atoms with Crippen molar-refractivity contribution in [1.29, 1.82) is 0 Å². The SMILES string of the molecule is C=C(C)C(F)(F)c1cc(C(=O)OCC)[nH]n1. The third-order valence-electron chi connectivity index (χ3n) is 1.93. The Hall–Kier alpha value is -1.72. The van der Waals surface area contributed by atoms with Gasteiger partial charge in [-0.3, -0.25) is 5.10 Å². The van der Waals surface area contributed by atoms with E-state index in [-0.39, 0.29) is 17.9 Å². The quantitative estimate of drug-likeness (QED) is 0.637. The van der Waals surface area contributed by atoms with Gasteiger partial charge >= 0.3 is 11.9 Å². The minimum absolute atomic E-state index is 0.0993. The molecular weight excluding hydrogens is 218 g/mol. The molecule has 0 unspecified atom stereocenters. The van der Waals surface area contributed by atoms with E-state index in [1.165, 1.54) is 6.92 Å². The highest BCUT2D eigenvalue weighted by Gasteiger charge is 2.36. The summed E-state index contributed by atoms with van der Waals surface area (Å²) >= 11 is 0. The number of hydrogen-bond donors (Lipinski definition) is 1. The number of alkyl halides is 2. The van der Waals surface area contributed by atoms with Gasteiger partial charge in [-0.05, 0) is 19.4 Å². The zero-order chi connectivity index (χ0) is 12.3. The van der Waals surface area contributed by atoms with E-state index in [4.69, 9.17) is 0 Å². The van der Waals surface area contributed by atoms with Crippen LogP contribution in [-0.2, 0) is 10.7 Å². The van der Waals surface area contributed by atoms with Crippen LogP contribution in [0.15, 0.2) is 18.2 Å². The number of carbonyl (C=O) groups excluding carboxylic acids is 1. The maximum absolute atomic E-state index is 13.4. The molecular formula is C10H12F2N2O2. The minimum Gasteiger partial charge on any atom is -0.461 e. The summed E-state index contributed by atoms with van der Waals surface area (Å²) in [6, 6.07) is 0.965. The Morgan fingerprint density at radius 2 is 2.31 bits per heavy atom. The summed E-state index contributed by atoms with van der Waals surface area (Å²) in [7, 11) is 0. The average molecular weight is 230 g/mol. The minimum atomic E-state index is -3.25. The van der Waals surface area contributed by atoms with Gasteiger partial charge in [0.2, 0.25) is 0 Å². The molecule has 0 aliphatic carbocycles. The molecule has 1 N–H and O–H groups in total. The van der Waals surface area contributed by atoms with Crippen LogP contribution < -0.4 is 0 Å². The van der Waals surface area contributed by atoms with Gasteiger partial charge in [0.15, 0.2) is 0 Å². The fourth-order valence-electron chi connectivity index (χ4n) is 1.01. The Morgan fingerprint density at radius 1 is 1.69 bits per heavy atom. The average Bonchev–Trinajstić information content (AvgIpc) is 2.67. The van der Waals surface area contributed by atoms with Crippen molar-refractivity contribution in [3.05, 3.63) is 29.6 Å². The second-order valence-electron chi connectivity index (χ2n) is 3.24. The van der Waals surface area contributed by atoms with Crippen molar-refractivity contribution >= 4 is 5.97 Å². The first-order chi connectivity index (χ1) is 7.39. The molecule has 16 heavy (non-hydrogen) atoms. The van der Waals surface area contributed by atoms with Crippen LogP contribution in [0.25, 0.3) is 0 Å². The number of halogens is 2. The molecule has 4 nitrogen and oxygen atoms in total. The smallest absolute Gasteiger partial charge is 0.356 e. The zero-order valence-electron chi connectivity index (χ0n) is 9.01. The van der Waals surface area contributed by atoms with E-state index >= 15 is 0 Å². The Morgan fingerprint density at radius 3 is 2.81 bits per heavy atom. The lowest BCUT2D eigenvalue weighted by atomic mass is 10.1. The van der Waals surface area contributed by atoms with E-state index in [1.54, 1.807) is 6.92 Å². The summed E-state index contributed by atoms with van der Waals surface area (Å²) in [6.07, 6.45) is 0. The summed E-state index contributed by atoms with van der Waals surface area (Å²) in [4.78, 5) is 11.2. The molecule has 0 aromatic carbocycles. The van der Waals surface area contributed by atoms with Crippen LogP contribution in [0, 0.1) is 0 Å². The topological polar surface area (TPSA) is 55.0 Å². The van der Waals surface area contributed by atoms with Crippen molar-refractivity contribution in [3.8, 4) is 0 Å². The molecule has 0 aliphatic rings. The first-order valence-corrected chi connectivity index (χ1v) is 4.66. The Labute approximate surface area is 91.3 Å². The number of hydrogen-bond acceptors (Lipinski definition) is 3. The maximum Gasteiger partial charge on any atom is 0.356 e. The van der Waals surface area contributed by atoms with Crippen molar-refractivity contribution < 1.29 is 18.3 Å². The number of esters is 1. The lowest BCUT2D eigenvalue weighted by Crippen LogP contribution is -2.14. The molecule has 0 amide bonds. The van der Waals surface area contributed by atoms with Crippen molar-refractivity contribution in [3.63, 3.8) is 0 Å². The Balaban J connectivity index is 2.95. The van der Waals surface area contributed by atoms with E-state index in [1.807, 2.05) is 0 Å². The van der Waals surface area contributed by atoms with Crippen LogP contribution in [0.4, 0.5) is 8.78 Å². The van der Waals surface area contributed by atoms with Crippen molar-refractivity contribution in [2.24, 2.45) is 0 Å². The molecule has 1 aromatic rings. The second-order valence-corrected chi connectivity index (χ2v) is 3.24. The summed E-state index contributed by atoms with van der Waals surface area (Å²) < 4.78 is 31.5. The maximum atomic E-state index is 13.4. The highest BCUT2D eigenvalue weighted by molar-refractivity contribution is 5.87. The molecule has 0 atom stereocenters. The number of carbonyl (C=O) groups is 1. The monoisotopic (exact) mass is 230 g/mol. The van der Waals surface area contributed by atoms with Gasteiger partial charge in [-0.2, -0.15) is 13.9 Å². The first-order valence-electron chi connectivity index (χ1n) is 4.66. The Kier molecular flexibility index (Phi) is 3.41. The lowest BCUT2D eigenvalue weighted by Gasteiger charge is -2.12. The summed E-state index contributed by atoms with van der Waals surface area (Å²) in [5.74, 6) is -3.96.